The molecule has 0 aliphatic carbocycles. The topological polar surface area (TPSA) is 3.24 Å². The van der Waals surface area contributed by atoms with Gasteiger partial charge in [-0.05, 0) is 70.7 Å². The Morgan fingerprint density at radius 1 is 1.19 bits per heavy atom. The fraction of sp³-hybridized carbons (Fsp3) is 0.647. The summed E-state index contributed by atoms with van der Waals surface area (Å²) in [4.78, 5) is 2.40. The zero-order chi connectivity index (χ0) is 15.6. The van der Waals surface area contributed by atoms with Gasteiger partial charge >= 0.3 is 6.18 Å². The maximum absolute atomic E-state index is 13.1. The molecule has 1 aromatic rings. The molecule has 21 heavy (non-hydrogen) atoms. The Hall–Kier alpha value is -1.03. The van der Waals surface area contributed by atoms with E-state index in [1.165, 1.54) is 6.07 Å². The summed E-state index contributed by atoms with van der Waals surface area (Å²) in [5.41, 5.74) is 0.672. The van der Waals surface area contributed by atoms with Gasteiger partial charge in [-0.1, -0.05) is 17.7 Å². The lowest BCUT2D eigenvalue weighted by atomic mass is 9.87. The van der Waals surface area contributed by atoms with E-state index in [1.807, 2.05) is 0 Å². The quantitative estimate of drug-likeness (QED) is 0.783. The van der Waals surface area contributed by atoms with Gasteiger partial charge in [0.2, 0.25) is 0 Å². The minimum atomic E-state index is -4.25. The molecule has 118 valence electrons. The number of halogens is 3. The first-order valence-corrected chi connectivity index (χ1v) is 7.68. The Morgan fingerprint density at radius 3 is 2.33 bits per heavy atom. The van der Waals surface area contributed by atoms with Gasteiger partial charge in [0.25, 0.3) is 0 Å². The summed E-state index contributed by atoms with van der Waals surface area (Å²) in [5, 5.41) is 0. The third-order valence-corrected chi connectivity index (χ3v) is 4.46. The second-order valence-corrected chi connectivity index (χ2v) is 6.44. The number of aryl methyl sites for hydroxylation is 1. The number of likely N-dealkylation sites (tertiary alicyclic amines) is 1. The van der Waals surface area contributed by atoms with E-state index >= 15 is 0 Å². The molecule has 0 atom stereocenters. The van der Waals surface area contributed by atoms with Crippen LogP contribution in [-0.4, -0.2) is 24.0 Å². The molecule has 1 saturated heterocycles. The van der Waals surface area contributed by atoms with E-state index in [1.54, 1.807) is 19.1 Å². The summed E-state index contributed by atoms with van der Waals surface area (Å²) in [6.45, 7) is 8.04. The highest BCUT2D eigenvalue weighted by atomic mass is 19.4. The average Bonchev–Trinajstić information content (AvgIpc) is 2.40. The van der Waals surface area contributed by atoms with Crippen molar-refractivity contribution in [2.75, 3.05) is 13.1 Å². The number of piperidine rings is 1. The molecular formula is C17H24F3N. The van der Waals surface area contributed by atoms with Crippen molar-refractivity contribution in [3.8, 4) is 0 Å². The molecule has 0 radical (unpaired) electrons. The van der Waals surface area contributed by atoms with Gasteiger partial charge in [0, 0.05) is 6.04 Å². The standard InChI is InChI=1S/C17H24F3N/c1-12(2)21-8-6-14(7-9-21)11-15-5-4-13(3)10-16(15)17(18,19)20/h4-5,10,12,14H,6-9,11H2,1-3H3. The van der Waals surface area contributed by atoms with Crippen molar-refractivity contribution in [1.82, 2.24) is 4.90 Å². The minimum Gasteiger partial charge on any atom is -0.301 e. The lowest BCUT2D eigenvalue weighted by molar-refractivity contribution is -0.138. The molecule has 0 spiro atoms. The fourth-order valence-corrected chi connectivity index (χ4v) is 3.12. The molecule has 0 unspecified atom stereocenters. The van der Waals surface area contributed by atoms with Crippen LogP contribution < -0.4 is 0 Å². The molecule has 4 heteroatoms. The van der Waals surface area contributed by atoms with Crippen molar-refractivity contribution in [1.29, 1.82) is 0 Å². The summed E-state index contributed by atoms with van der Waals surface area (Å²) < 4.78 is 39.4. The van der Waals surface area contributed by atoms with Gasteiger partial charge in [-0.15, -0.1) is 0 Å². The Balaban J connectivity index is 2.07. The van der Waals surface area contributed by atoms with Gasteiger partial charge in [-0.25, -0.2) is 0 Å². The number of benzene rings is 1. The van der Waals surface area contributed by atoms with Gasteiger partial charge in [0.15, 0.2) is 0 Å². The van der Waals surface area contributed by atoms with E-state index < -0.39 is 11.7 Å². The highest BCUT2D eigenvalue weighted by Crippen LogP contribution is 2.35. The minimum absolute atomic E-state index is 0.365. The molecule has 0 bridgehead atoms. The molecule has 0 amide bonds. The van der Waals surface area contributed by atoms with Crippen LogP contribution in [0, 0.1) is 12.8 Å². The van der Waals surface area contributed by atoms with Gasteiger partial charge in [-0.3, -0.25) is 0 Å². The molecule has 2 rings (SSSR count). The van der Waals surface area contributed by atoms with Crippen LogP contribution in [0.4, 0.5) is 13.2 Å². The first-order chi connectivity index (χ1) is 9.77. The fourth-order valence-electron chi connectivity index (χ4n) is 3.12. The number of nitrogens with zero attached hydrogens (tertiary/aromatic N) is 1. The SMILES string of the molecule is Cc1ccc(CC2CCN(C(C)C)CC2)c(C(F)(F)F)c1. The van der Waals surface area contributed by atoms with E-state index in [0.29, 0.717) is 29.5 Å². The van der Waals surface area contributed by atoms with Crippen molar-refractivity contribution >= 4 is 0 Å². The van der Waals surface area contributed by atoms with E-state index in [2.05, 4.69) is 18.7 Å². The van der Waals surface area contributed by atoms with Gasteiger partial charge in [0.1, 0.15) is 0 Å². The number of alkyl halides is 3. The molecular weight excluding hydrogens is 275 g/mol. The van der Waals surface area contributed by atoms with Crippen molar-refractivity contribution in [3.05, 3.63) is 34.9 Å². The first-order valence-electron chi connectivity index (χ1n) is 7.68. The van der Waals surface area contributed by atoms with Crippen LogP contribution in [0.5, 0.6) is 0 Å². The van der Waals surface area contributed by atoms with Crippen molar-refractivity contribution in [3.63, 3.8) is 0 Å². The molecule has 0 N–H and O–H groups in total. The molecule has 1 nitrogen and oxygen atoms in total. The third kappa shape index (κ3) is 4.22. The molecule has 1 fully saturated rings. The Labute approximate surface area is 125 Å². The van der Waals surface area contributed by atoms with E-state index in [-0.39, 0.29) is 0 Å². The Kier molecular flexibility index (Phi) is 4.97. The summed E-state index contributed by atoms with van der Waals surface area (Å²) in [6.07, 6.45) is -1.73. The van der Waals surface area contributed by atoms with Crippen molar-refractivity contribution in [2.45, 2.75) is 52.3 Å². The second-order valence-electron chi connectivity index (χ2n) is 6.44. The maximum atomic E-state index is 13.1. The lowest BCUT2D eigenvalue weighted by Crippen LogP contribution is -2.38. The molecule has 0 aromatic heterocycles. The maximum Gasteiger partial charge on any atom is 0.416 e. The highest BCUT2D eigenvalue weighted by Gasteiger charge is 2.34. The van der Waals surface area contributed by atoms with Gasteiger partial charge in [0.05, 0.1) is 5.56 Å². The smallest absolute Gasteiger partial charge is 0.301 e. The van der Waals surface area contributed by atoms with Crippen LogP contribution in [0.15, 0.2) is 18.2 Å². The summed E-state index contributed by atoms with van der Waals surface area (Å²) in [7, 11) is 0. The van der Waals surface area contributed by atoms with Gasteiger partial charge in [-0.2, -0.15) is 13.2 Å². The molecule has 1 aromatic carbocycles. The lowest BCUT2D eigenvalue weighted by Gasteiger charge is -2.35. The number of hydrogen-bond donors (Lipinski definition) is 0. The Bertz CT molecular complexity index is 471. The normalized spacial score (nSPS) is 18.4. The van der Waals surface area contributed by atoms with Crippen LogP contribution in [0.2, 0.25) is 0 Å². The summed E-state index contributed by atoms with van der Waals surface area (Å²) in [6, 6.07) is 5.25. The monoisotopic (exact) mass is 299 g/mol. The van der Waals surface area contributed by atoms with Crippen LogP contribution in [0.3, 0.4) is 0 Å². The van der Waals surface area contributed by atoms with Crippen LogP contribution in [-0.2, 0) is 12.6 Å². The van der Waals surface area contributed by atoms with Crippen molar-refractivity contribution in [2.24, 2.45) is 5.92 Å². The first kappa shape index (κ1) is 16.3. The highest BCUT2D eigenvalue weighted by molar-refractivity contribution is 5.34. The zero-order valence-corrected chi connectivity index (χ0v) is 13.0. The van der Waals surface area contributed by atoms with Crippen LogP contribution in [0.1, 0.15) is 43.4 Å². The summed E-state index contributed by atoms with van der Waals surface area (Å²) >= 11 is 0. The Morgan fingerprint density at radius 2 is 1.81 bits per heavy atom. The van der Waals surface area contributed by atoms with Gasteiger partial charge < -0.3 is 4.90 Å². The van der Waals surface area contributed by atoms with Crippen LogP contribution >= 0.6 is 0 Å². The van der Waals surface area contributed by atoms with E-state index in [4.69, 9.17) is 0 Å². The molecule has 1 aliphatic heterocycles. The molecule has 0 saturated carbocycles. The number of hydrogen-bond acceptors (Lipinski definition) is 1. The molecule has 1 heterocycles. The third-order valence-electron chi connectivity index (χ3n) is 4.46. The average molecular weight is 299 g/mol. The van der Waals surface area contributed by atoms with E-state index in [0.717, 1.165) is 25.9 Å². The second kappa shape index (κ2) is 6.39. The van der Waals surface area contributed by atoms with Crippen LogP contribution in [0.25, 0.3) is 0 Å². The largest absolute Gasteiger partial charge is 0.416 e. The van der Waals surface area contributed by atoms with Crippen molar-refractivity contribution < 1.29 is 13.2 Å². The summed E-state index contributed by atoms with van der Waals surface area (Å²) in [5.74, 6) is 0.365. The number of rotatable bonds is 3. The van der Waals surface area contributed by atoms with E-state index in [9.17, 15) is 13.2 Å². The molecule has 1 aliphatic rings. The predicted molar refractivity (Wildman–Crippen MR) is 79.3 cm³/mol. The predicted octanol–water partition coefficient (Wildman–Crippen LogP) is 4.68. The zero-order valence-electron chi connectivity index (χ0n) is 13.0.